The van der Waals surface area contributed by atoms with Gasteiger partial charge < -0.3 is 15.2 Å². The molecule has 0 bridgehead atoms. The van der Waals surface area contributed by atoms with Crippen molar-refractivity contribution in [2.24, 2.45) is 5.50 Å². The van der Waals surface area contributed by atoms with Crippen LogP contribution in [0.15, 0.2) is 0 Å². The van der Waals surface area contributed by atoms with Gasteiger partial charge in [-0.25, -0.2) is 0 Å². The van der Waals surface area contributed by atoms with Crippen molar-refractivity contribution in [1.29, 1.82) is 0 Å². The third kappa shape index (κ3) is 9.56. The van der Waals surface area contributed by atoms with E-state index in [4.69, 9.17) is 28.7 Å². The molecule has 1 atom stereocenters. The molecule has 8 heteroatoms. The highest BCUT2D eigenvalue weighted by Crippen LogP contribution is 2.29. The highest BCUT2D eigenvalue weighted by atomic mass is 35.5. The molecule has 0 aromatic carbocycles. The molecule has 0 aromatic heterocycles. The minimum atomic E-state index is -3.89. The molecule has 0 spiro atoms. The van der Waals surface area contributed by atoms with Gasteiger partial charge in [-0.05, 0) is 25.7 Å². The van der Waals surface area contributed by atoms with Crippen molar-refractivity contribution in [3.8, 4) is 0 Å². The van der Waals surface area contributed by atoms with Crippen LogP contribution in [0.1, 0.15) is 33.5 Å². The van der Waals surface area contributed by atoms with Gasteiger partial charge in [-0.3, -0.25) is 10.2 Å². The van der Waals surface area contributed by atoms with Gasteiger partial charge in [0.25, 0.3) is 0 Å². The van der Waals surface area contributed by atoms with Crippen molar-refractivity contribution in [2.75, 3.05) is 24.8 Å². The quantitative estimate of drug-likeness (QED) is 0.580. The van der Waals surface area contributed by atoms with E-state index in [0.717, 1.165) is 10.7 Å². The molecule has 1 unspecified atom stereocenters. The zero-order valence-corrected chi connectivity index (χ0v) is 13.1. The summed E-state index contributed by atoms with van der Waals surface area (Å²) in [7, 11) is -3.89. The number of nitrogens with zero attached hydrogens (tertiary/aromatic N) is 1. The fourth-order valence-electron chi connectivity index (χ4n) is 1.77. The summed E-state index contributed by atoms with van der Waals surface area (Å²) >= 11 is 10.7. The van der Waals surface area contributed by atoms with Crippen LogP contribution in [-0.2, 0) is 4.57 Å². The van der Waals surface area contributed by atoms with Crippen LogP contribution in [0.25, 0.3) is 0 Å². The fourth-order valence-corrected chi connectivity index (χ4v) is 3.17. The van der Waals surface area contributed by atoms with Crippen LogP contribution in [0, 0.1) is 0 Å². The minimum Gasteiger partial charge on any atom is -0.776 e. The van der Waals surface area contributed by atoms with E-state index in [2.05, 4.69) is 5.73 Å². The summed E-state index contributed by atoms with van der Waals surface area (Å²) in [6.07, 6.45) is 7.05. The Bertz CT molecular complexity index is 247. The van der Waals surface area contributed by atoms with Gasteiger partial charge in [-0.15, -0.1) is 23.2 Å². The van der Waals surface area contributed by atoms with E-state index in [1.165, 1.54) is 32.1 Å². The molecule has 1 saturated carbocycles. The first-order chi connectivity index (χ1) is 8.41. The van der Waals surface area contributed by atoms with E-state index in [-0.39, 0.29) is 26.3 Å². The van der Waals surface area contributed by atoms with E-state index in [1.807, 2.05) is 0 Å². The van der Waals surface area contributed by atoms with Crippen molar-refractivity contribution in [3.63, 3.8) is 0 Å². The molecule has 1 fully saturated rings. The second kappa shape index (κ2) is 10.4. The van der Waals surface area contributed by atoms with Gasteiger partial charge >= 0.3 is 1.43 Å². The lowest BCUT2D eigenvalue weighted by Crippen LogP contribution is -2.61. The molecule has 0 saturated heterocycles. The third-order valence-electron chi connectivity index (χ3n) is 2.80. The average Bonchev–Trinajstić information content (AvgIpc) is 2.29. The van der Waals surface area contributed by atoms with Crippen LogP contribution >= 0.6 is 30.9 Å². The van der Waals surface area contributed by atoms with Gasteiger partial charge in [0.2, 0.25) is 0 Å². The average molecular weight is 321 g/mol. The summed E-state index contributed by atoms with van der Waals surface area (Å²) in [5, 5.41) is 0. The second-order valence-corrected chi connectivity index (χ2v) is 6.85. The Morgan fingerprint density at radius 3 is 1.94 bits per heavy atom. The molecular formula is C10H25Cl2N3O2P+. The highest BCUT2D eigenvalue weighted by molar-refractivity contribution is 7.51. The summed E-state index contributed by atoms with van der Waals surface area (Å²) in [4.78, 5) is 10.7. The maximum Gasteiger partial charge on any atom is 1.00 e. The lowest BCUT2D eigenvalue weighted by molar-refractivity contribution is -0.425. The lowest BCUT2D eigenvalue weighted by atomic mass is 9.97. The van der Waals surface area contributed by atoms with Crippen LogP contribution in [0.5, 0.6) is 0 Å². The molecule has 1 aliphatic carbocycles. The van der Waals surface area contributed by atoms with Gasteiger partial charge in [0.1, 0.15) is 7.67 Å². The van der Waals surface area contributed by atoms with Crippen molar-refractivity contribution < 1.29 is 16.6 Å². The van der Waals surface area contributed by atoms with Crippen molar-refractivity contribution in [2.45, 2.75) is 38.1 Å². The Kier molecular flexibility index (Phi) is 10.8. The normalized spacial score (nSPS) is 20.1. The molecule has 5 N–H and O–H groups in total. The maximum atomic E-state index is 10.7. The zero-order valence-electron chi connectivity index (χ0n) is 11.7. The smallest absolute Gasteiger partial charge is 0.776 e. The van der Waals surface area contributed by atoms with Crippen LogP contribution in [0.2, 0.25) is 0 Å². The molecule has 0 aromatic rings. The summed E-state index contributed by atoms with van der Waals surface area (Å²) in [6, 6.07) is 0.786. The topological polar surface area (TPSA) is 97.0 Å². The second-order valence-electron chi connectivity index (χ2n) is 4.40. The molecule has 0 heterocycles. The SMILES string of the molecule is NP(=O)([O-])N(CCCl)CCCl.[H+].[NH3+]C1CCCCC1. The van der Waals surface area contributed by atoms with Crippen LogP contribution in [0.3, 0.4) is 0 Å². The zero-order chi connectivity index (χ0) is 14.0. The number of rotatable bonds is 5. The summed E-state index contributed by atoms with van der Waals surface area (Å²) in [5.74, 6) is 0.445. The monoisotopic (exact) mass is 320 g/mol. The lowest BCUT2D eigenvalue weighted by Gasteiger charge is -2.31. The summed E-state index contributed by atoms with van der Waals surface area (Å²) in [6.45, 7) is 0.428. The van der Waals surface area contributed by atoms with Gasteiger partial charge in [-0.2, -0.15) is 0 Å². The van der Waals surface area contributed by atoms with E-state index in [1.54, 1.807) is 0 Å². The number of hydrogen-bond acceptors (Lipinski definition) is 2. The third-order valence-corrected chi connectivity index (χ3v) is 4.33. The van der Waals surface area contributed by atoms with Gasteiger partial charge in [0.15, 0.2) is 0 Å². The Morgan fingerprint density at radius 1 is 1.28 bits per heavy atom. The summed E-state index contributed by atoms with van der Waals surface area (Å²) < 4.78 is 11.8. The standard InChI is InChI=1S/C6H13N.C4H11Cl2N2O2P/c7-6-4-2-1-3-5-6;5-1-3-8(4-2-6)11(7,9)10/h6H,1-5,7H2;1-4H2,(H3,7,9,10)/p+1. The largest absolute Gasteiger partial charge is 1.00 e. The fraction of sp³-hybridized carbons (Fsp3) is 1.00. The molecule has 0 aliphatic heterocycles. The predicted octanol–water partition coefficient (Wildman–Crippen LogP) is 0.867. The van der Waals surface area contributed by atoms with Crippen molar-refractivity contribution in [3.05, 3.63) is 0 Å². The number of nitrogens with two attached hydrogens (primary N) is 1. The van der Waals surface area contributed by atoms with E-state index >= 15 is 0 Å². The maximum absolute atomic E-state index is 10.7. The first kappa shape index (κ1) is 18.7. The number of alkyl halides is 2. The van der Waals surface area contributed by atoms with Gasteiger partial charge in [0.05, 0.1) is 6.04 Å². The number of hydrogen-bond donors (Lipinski definition) is 2. The predicted molar refractivity (Wildman–Crippen MR) is 75.7 cm³/mol. The van der Waals surface area contributed by atoms with Crippen LogP contribution < -0.4 is 16.1 Å². The molecule has 0 radical (unpaired) electrons. The molecule has 110 valence electrons. The minimum absolute atomic E-state index is 0. The highest BCUT2D eigenvalue weighted by Gasteiger charge is 2.12. The molecule has 1 rings (SSSR count). The van der Waals surface area contributed by atoms with Crippen molar-refractivity contribution >= 4 is 30.9 Å². The number of halogens is 2. The van der Waals surface area contributed by atoms with Crippen LogP contribution in [0.4, 0.5) is 0 Å². The Morgan fingerprint density at radius 2 is 1.72 bits per heavy atom. The Labute approximate surface area is 121 Å². The molecule has 5 nitrogen and oxygen atoms in total. The summed E-state index contributed by atoms with van der Waals surface area (Å²) in [5.41, 5.74) is 8.86. The Hall–Kier alpha value is 0.650. The van der Waals surface area contributed by atoms with E-state index < -0.39 is 7.67 Å². The Balaban J connectivity index is 0. The van der Waals surface area contributed by atoms with Crippen molar-refractivity contribution in [1.82, 2.24) is 4.67 Å². The van der Waals surface area contributed by atoms with Gasteiger partial charge in [-0.1, -0.05) is 6.42 Å². The molecule has 18 heavy (non-hydrogen) atoms. The van der Waals surface area contributed by atoms with Crippen LogP contribution in [-0.4, -0.2) is 35.6 Å². The molecule has 1 aliphatic rings. The van der Waals surface area contributed by atoms with Gasteiger partial charge in [0, 0.05) is 24.8 Å². The molecular weight excluding hydrogens is 296 g/mol. The first-order valence-electron chi connectivity index (χ1n) is 6.22. The van der Waals surface area contributed by atoms with E-state index in [0.29, 0.717) is 0 Å². The first-order valence-corrected chi connectivity index (χ1v) is 8.93. The van der Waals surface area contributed by atoms with E-state index in [9.17, 15) is 9.46 Å². The number of quaternary nitrogens is 1. The molecule has 0 amide bonds.